The summed E-state index contributed by atoms with van der Waals surface area (Å²) in [6.07, 6.45) is 0. The van der Waals surface area contributed by atoms with Gasteiger partial charge in [0, 0.05) is 31.3 Å². The summed E-state index contributed by atoms with van der Waals surface area (Å²) in [5.74, 6) is 0. The molecule has 0 aliphatic rings. The number of hydrogen-bond donors (Lipinski definition) is 2. The van der Waals surface area contributed by atoms with E-state index in [1.165, 1.54) is 30.3 Å². The lowest BCUT2D eigenvalue weighted by molar-refractivity contribution is -0.387. The maximum Gasteiger partial charge on any atom is 0.289 e. The SMILES string of the molecule is O=[N+]([O-])c1ccc(NCCNS(=O)(=O)c2ccccc2[N+](=O)[O-])c(Cl)c1. The molecule has 0 aliphatic heterocycles. The summed E-state index contributed by atoms with van der Waals surface area (Å²) in [4.78, 5) is 19.8. The van der Waals surface area contributed by atoms with Gasteiger partial charge in [-0.3, -0.25) is 20.2 Å². The van der Waals surface area contributed by atoms with Crippen molar-refractivity contribution in [1.29, 1.82) is 0 Å². The van der Waals surface area contributed by atoms with Gasteiger partial charge in [0.15, 0.2) is 4.90 Å². The van der Waals surface area contributed by atoms with Crippen LogP contribution in [0.4, 0.5) is 17.1 Å². The number of nitro groups is 2. The smallest absolute Gasteiger partial charge is 0.289 e. The molecule has 2 N–H and O–H groups in total. The summed E-state index contributed by atoms with van der Waals surface area (Å²) >= 11 is 5.91. The third kappa shape index (κ3) is 4.65. The third-order valence-electron chi connectivity index (χ3n) is 3.25. The molecule has 2 rings (SSSR count). The second kappa shape index (κ2) is 8.08. The number of non-ortho nitro benzene ring substituents is 1. The lowest BCUT2D eigenvalue weighted by Gasteiger charge is -2.10. The molecule has 0 heterocycles. The Balaban J connectivity index is 2.00. The van der Waals surface area contributed by atoms with E-state index in [1.54, 1.807) is 0 Å². The van der Waals surface area contributed by atoms with E-state index in [1.807, 2.05) is 0 Å². The second-order valence-corrected chi connectivity index (χ2v) is 7.11. The van der Waals surface area contributed by atoms with Crippen molar-refractivity contribution >= 4 is 38.7 Å². The number of halogens is 1. The van der Waals surface area contributed by atoms with Crippen molar-refractivity contribution in [2.75, 3.05) is 18.4 Å². The number of anilines is 1. The van der Waals surface area contributed by atoms with Crippen LogP contribution in [-0.4, -0.2) is 31.4 Å². The molecule has 0 saturated heterocycles. The lowest BCUT2D eigenvalue weighted by atomic mass is 10.3. The highest BCUT2D eigenvalue weighted by Gasteiger charge is 2.24. The molecule has 2 aromatic carbocycles. The second-order valence-electron chi connectivity index (χ2n) is 4.97. The van der Waals surface area contributed by atoms with E-state index in [0.29, 0.717) is 5.69 Å². The van der Waals surface area contributed by atoms with Crippen LogP contribution in [0.15, 0.2) is 47.4 Å². The van der Waals surface area contributed by atoms with Crippen LogP contribution >= 0.6 is 11.6 Å². The Morgan fingerprint density at radius 2 is 1.69 bits per heavy atom. The average Bonchev–Trinajstić information content (AvgIpc) is 2.59. The van der Waals surface area contributed by atoms with Crippen molar-refractivity contribution in [2.24, 2.45) is 0 Å². The number of rotatable bonds is 8. The fraction of sp³-hybridized carbons (Fsp3) is 0.143. The van der Waals surface area contributed by atoms with E-state index in [2.05, 4.69) is 10.0 Å². The summed E-state index contributed by atoms with van der Waals surface area (Å²) in [5, 5.41) is 24.5. The summed E-state index contributed by atoms with van der Waals surface area (Å²) in [7, 11) is -4.07. The van der Waals surface area contributed by atoms with Gasteiger partial charge in [0.1, 0.15) is 0 Å². The van der Waals surface area contributed by atoms with Crippen LogP contribution in [0.25, 0.3) is 0 Å². The van der Waals surface area contributed by atoms with E-state index in [0.717, 1.165) is 12.1 Å². The fourth-order valence-corrected chi connectivity index (χ4v) is 3.50. The molecule has 0 unspecified atom stereocenters. The van der Waals surface area contributed by atoms with E-state index in [4.69, 9.17) is 11.6 Å². The molecule has 138 valence electrons. The first kappa shape index (κ1) is 19.6. The zero-order valence-corrected chi connectivity index (χ0v) is 14.7. The van der Waals surface area contributed by atoms with Crippen LogP contribution in [0.2, 0.25) is 5.02 Å². The Morgan fingerprint density at radius 1 is 1.00 bits per heavy atom. The standard InChI is InChI=1S/C14H13ClN4O6S/c15-11-9-10(18(20)21)5-6-12(11)16-7-8-17-26(24,25)14-4-2-1-3-13(14)19(22)23/h1-6,9,16-17H,7-8H2. The normalized spacial score (nSPS) is 11.1. The zero-order valence-electron chi connectivity index (χ0n) is 13.1. The maximum absolute atomic E-state index is 12.2. The Hall–Kier alpha value is -2.76. The number of sulfonamides is 1. The van der Waals surface area contributed by atoms with E-state index in [9.17, 15) is 28.6 Å². The van der Waals surface area contributed by atoms with Gasteiger partial charge in [-0.05, 0) is 12.1 Å². The van der Waals surface area contributed by atoms with Gasteiger partial charge in [0.05, 0.1) is 20.6 Å². The van der Waals surface area contributed by atoms with Crippen LogP contribution < -0.4 is 10.0 Å². The molecule has 10 nitrogen and oxygen atoms in total. The van der Waals surface area contributed by atoms with Crippen LogP contribution in [-0.2, 0) is 10.0 Å². The molecule has 0 aliphatic carbocycles. The van der Waals surface area contributed by atoms with Crippen molar-refractivity contribution < 1.29 is 18.3 Å². The summed E-state index contributed by atoms with van der Waals surface area (Å²) in [5.41, 5.74) is -0.300. The van der Waals surface area contributed by atoms with Crippen LogP contribution in [0.5, 0.6) is 0 Å². The van der Waals surface area contributed by atoms with Gasteiger partial charge in [0.2, 0.25) is 10.0 Å². The average molecular weight is 401 g/mol. The van der Waals surface area contributed by atoms with Gasteiger partial charge < -0.3 is 5.32 Å². The monoisotopic (exact) mass is 400 g/mol. The number of benzene rings is 2. The summed E-state index contributed by atoms with van der Waals surface area (Å²) in [6, 6.07) is 8.82. The summed E-state index contributed by atoms with van der Waals surface area (Å²) < 4.78 is 26.7. The first-order valence-corrected chi connectivity index (χ1v) is 8.99. The van der Waals surface area contributed by atoms with Crippen molar-refractivity contribution in [1.82, 2.24) is 4.72 Å². The molecule has 2 aromatic rings. The molecule has 12 heteroatoms. The first-order valence-electron chi connectivity index (χ1n) is 7.13. The number of nitrogens with zero attached hydrogens (tertiary/aromatic N) is 2. The molecule has 0 amide bonds. The number of nitro benzene ring substituents is 2. The van der Waals surface area contributed by atoms with Gasteiger partial charge >= 0.3 is 0 Å². The van der Waals surface area contributed by atoms with E-state index in [-0.39, 0.29) is 23.8 Å². The predicted molar refractivity (Wildman–Crippen MR) is 94.9 cm³/mol. The maximum atomic E-state index is 12.2. The molecule has 0 radical (unpaired) electrons. The van der Waals surface area contributed by atoms with E-state index < -0.39 is 30.5 Å². The molecule has 0 aromatic heterocycles. The van der Waals surface area contributed by atoms with Gasteiger partial charge in [-0.25, -0.2) is 13.1 Å². The summed E-state index contributed by atoms with van der Waals surface area (Å²) in [6.45, 7) is 0.0269. The topological polar surface area (TPSA) is 144 Å². The third-order valence-corrected chi connectivity index (χ3v) is 5.07. The molecule has 0 saturated carbocycles. The minimum absolute atomic E-state index is 0.0816. The highest BCUT2D eigenvalue weighted by molar-refractivity contribution is 7.89. The van der Waals surface area contributed by atoms with Crippen molar-refractivity contribution in [3.63, 3.8) is 0 Å². The van der Waals surface area contributed by atoms with Gasteiger partial charge in [-0.1, -0.05) is 23.7 Å². The molecule has 0 atom stereocenters. The number of nitrogens with one attached hydrogen (secondary N) is 2. The molecule has 0 bridgehead atoms. The van der Waals surface area contributed by atoms with E-state index >= 15 is 0 Å². The predicted octanol–water partition coefficient (Wildman–Crippen LogP) is 2.55. The van der Waals surface area contributed by atoms with Gasteiger partial charge in [-0.15, -0.1) is 0 Å². The number of hydrogen-bond acceptors (Lipinski definition) is 7. The Bertz CT molecular complexity index is 950. The largest absolute Gasteiger partial charge is 0.383 e. The van der Waals surface area contributed by atoms with Crippen LogP contribution in [0.1, 0.15) is 0 Å². The fourth-order valence-electron chi connectivity index (χ4n) is 2.06. The van der Waals surface area contributed by atoms with Crippen molar-refractivity contribution in [2.45, 2.75) is 4.90 Å². The Labute approximate surface area is 153 Å². The van der Waals surface area contributed by atoms with Gasteiger partial charge in [0.25, 0.3) is 11.4 Å². The molecular weight excluding hydrogens is 388 g/mol. The Morgan fingerprint density at radius 3 is 2.31 bits per heavy atom. The first-order chi connectivity index (χ1) is 12.2. The molecule has 26 heavy (non-hydrogen) atoms. The highest BCUT2D eigenvalue weighted by Crippen LogP contribution is 2.26. The highest BCUT2D eigenvalue weighted by atomic mass is 35.5. The molecular formula is C14H13ClN4O6S. The minimum Gasteiger partial charge on any atom is -0.383 e. The van der Waals surface area contributed by atoms with Crippen molar-refractivity contribution in [3.8, 4) is 0 Å². The quantitative estimate of drug-likeness (QED) is 0.393. The zero-order chi connectivity index (χ0) is 19.3. The van der Waals surface area contributed by atoms with Crippen LogP contribution in [0, 0.1) is 20.2 Å². The number of para-hydroxylation sites is 1. The lowest BCUT2D eigenvalue weighted by Crippen LogP contribution is -2.29. The molecule has 0 spiro atoms. The van der Waals surface area contributed by atoms with Crippen molar-refractivity contribution in [3.05, 3.63) is 67.7 Å². The Kier molecular flexibility index (Phi) is 6.08. The van der Waals surface area contributed by atoms with Gasteiger partial charge in [-0.2, -0.15) is 0 Å². The van der Waals surface area contributed by atoms with Crippen LogP contribution in [0.3, 0.4) is 0 Å². The molecule has 0 fully saturated rings. The minimum atomic E-state index is -4.07.